The van der Waals surface area contributed by atoms with Crippen LogP contribution in [0.2, 0.25) is 0 Å². The highest BCUT2D eigenvalue weighted by Gasteiger charge is 2.14. The molecular formula is C16H30N4S2. The Bertz CT molecular complexity index is 316. The molecule has 0 aliphatic heterocycles. The molecule has 0 radical (unpaired) electrons. The minimum atomic E-state index is 0.566. The van der Waals surface area contributed by atoms with Gasteiger partial charge < -0.3 is 21.3 Å². The highest BCUT2D eigenvalue weighted by molar-refractivity contribution is 7.80. The molecule has 2 saturated carbocycles. The number of rotatable bonds is 5. The first-order chi connectivity index (χ1) is 10.7. The van der Waals surface area contributed by atoms with Crippen molar-refractivity contribution < 1.29 is 0 Å². The number of hydrogen-bond donors (Lipinski definition) is 4. The van der Waals surface area contributed by atoms with Gasteiger partial charge in [-0.15, -0.1) is 0 Å². The summed E-state index contributed by atoms with van der Waals surface area (Å²) in [6.45, 7) is 1.59. The van der Waals surface area contributed by atoms with Gasteiger partial charge in [0.1, 0.15) is 0 Å². The van der Waals surface area contributed by atoms with Crippen molar-refractivity contribution in [3.63, 3.8) is 0 Å². The van der Waals surface area contributed by atoms with Crippen molar-refractivity contribution in [3.8, 4) is 0 Å². The molecule has 4 nitrogen and oxygen atoms in total. The minimum absolute atomic E-state index is 0.566. The van der Waals surface area contributed by atoms with E-state index < -0.39 is 0 Å². The van der Waals surface area contributed by atoms with E-state index in [1.54, 1.807) is 0 Å². The van der Waals surface area contributed by atoms with E-state index >= 15 is 0 Å². The standard InChI is InChI=1S/C16H30N4S2/c21-15(19-13-7-3-1-4-8-13)17-11-12-18-16(22)20-14-9-5-2-6-10-14/h13-14H,1-12H2,(H2,17,19,21)(H2,18,20,22). The average molecular weight is 343 g/mol. The molecule has 126 valence electrons. The van der Waals surface area contributed by atoms with Gasteiger partial charge in [-0.25, -0.2) is 0 Å². The van der Waals surface area contributed by atoms with E-state index in [0.717, 1.165) is 23.3 Å². The fourth-order valence-corrected chi connectivity index (χ4v) is 3.86. The van der Waals surface area contributed by atoms with Crippen LogP contribution in [0.1, 0.15) is 64.2 Å². The molecule has 2 aliphatic rings. The highest BCUT2D eigenvalue weighted by Crippen LogP contribution is 2.17. The molecular weight excluding hydrogens is 312 g/mol. The average Bonchev–Trinajstić information content (AvgIpc) is 2.53. The van der Waals surface area contributed by atoms with Crippen LogP contribution in [0, 0.1) is 0 Å². The molecule has 6 heteroatoms. The maximum Gasteiger partial charge on any atom is 0.166 e. The van der Waals surface area contributed by atoms with E-state index in [2.05, 4.69) is 21.3 Å². The molecule has 0 bridgehead atoms. The molecule has 0 saturated heterocycles. The number of thiocarbonyl (C=S) groups is 2. The van der Waals surface area contributed by atoms with E-state index in [0.29, 0.717) is 12.1 Å². The molecule has 0 heterocycles. The summed E-state index contributed by atoms with van der Waals surface area (Å²) in [6.07, 6.45) is 13.0. The molecule has 0 amide bonds. The minimum Gasteiger partial charge on any atom is -0.361 e. The Morgan fingerprint density at radius 3 is 1.36 bits per heavy atom. The van der Waals surface area contributed by atoms with Crippen molar-refractivity contribution >= 4 is 34.7 Å². The summed E-state index contributed by atoms with van der Waals surface area (Å²) in [5.74, 6) is 0. The third-order valence-electron chi connectivity index (χ3n) is 4.58. The molecule has 0 unspecified atom stereocenters. The Kier molecular flexibility index (Phi) is 8.23. The van der Waals surface area contributed by atoms with Gasteiger partial charge in [-0.05, 0) is 50.1 Å². The van der Waals surface area contributed by atoms with Gasteiger partial charge in [0, 0.05) is 25.2 Å². The van der Waals surface area contributed by atoms with Crippen molar-refractivity contribution in [2.24, 2.45) is 0 Å². The normalized spacial score (nSPS) is 20.2. The summed E-state index contributed by atoms with van der Waals surface area (Å²) in [7, 11) is 0. The zero-order chi connectivity index (χ0) is 15.6. The molecule has 0 aromatic heterocycles. The molecule has 4 N–H and O–H groups in total. The quantitative estimate of drug-likeness (QED) is 0.455. The van der Waals surface area contributed by atoms with Crippen LogP contribution in [0.4, 0.5) is 0 Å². The van der Waals surface area contributed by atoms with Gasteiger partial charge in [-0.3, -0.25) is 0 Å². The van der Waals surface area contributed by atoms with Gasteiger partial charge in [0.25, 0.3) is 0 Å². The molecule has 0 spiro atoms. The van der Waals surface area contributed by atoms with Crippen molar-refractivity contribution in [1.82, 2.24) is 21.3 Å². The topological polar surface area (TPSA) is 48.1 Å². The lowest BCUT2D eigenvalue weighted by Gasteiger charge is -2.25. The lowest BCUT2D eigenvalue weighted by molar-refractivity contribution is 0.411. The van der Waals surface area contributed by atoms with Crippen LogP contribution in [-0.4, -0.2) is 35.4 Å². The van der Waals surface area contributed by atoms with E-state index in [1.165, 1.54) is 64.2 Å². The van der Waals surface area contributed by atoms with Crippen molar-refractivity contribution in [2.45, 2.75) is 76.3 Å². The van der Waals surface area contributed by atoms with Crippen LogP contribution in [0.15, 0.2) is 0 Å². The van der Waals surface area contributed by atoms with Crippen LogP contribution in [-0.2, 0) is 0 Å². The summed E-state index contributed by atoms with van der Waals surface area (Å²) in [4.78, 5) is 0. The van der Waals surface area contributed by atoms with Gasteiger partial charge in [-0.1, -0.05) is 38.5 Å². The first-order valence-corrected chi connectivity index (χ1v) is 9.64. The Hall–Kier alpha value is -0.620. The van der Waals surface area contributed by atoms with Gasteiger partial charge in [-0.2, -0.15) is 0 Å². The lowest BCUT2D eigenvalue weighted by atomic mass is 9.96. The SMILES string of the molecule is S=C(NCCNC(=S)NC1CCCCC1)NC1CCCCC1. The van der Waals surface area contributed by atoms with Crippen molar-refractivity contribution in [1.29, 1.82) is 0 Å². The first kappa shape index (κ1) is 17.7. The summed E-state index contributed by atoms with van der Waals surface area (Å²) < 4.78 is 0. The van der Waals surface area contributed by atoms with Crippen LogP contribution in [0.5, 0.6) is 0 Å². The molecule has 2 aliphatic carbocycles. The maximum atomic E-state index is 5.35. The molecule has 2 fully saturated rings. The number of nitrogens with one attached hydrogen (secondary N) is 4. The second-order valence-corrected chi connectivity index (χ2v) is 7.29. The second-order valence-electron chi connectivity index (χ2n) is 6.47. The van der Waals surface area contributed by atoms with Gasteiger partial charge in [0.2, 0.25) is 0 Å². The van der Waals surface area contributed by atoms with Gasteiger partial charge >= 0.3 is 0 Å². The van der Waals surface area contributed by atoms with Gasteiger partial charge in [0.15, 0.2) is 10.2 Å². The van der Waals surface area contributed by atoms with E-state index in [4.69, 9.17) is 24.4 Å². The lowest BCUT2D eigenvalue weighted by Crippen LogP contribution is -2.47. The summed E-state index contributed by atoms with van der Waals surface area (Å²) in [6, 6.07) is 1.13. The Labute approximate surface area is 145 Å². The fourth-order valence-electron chi connectivity index (χ4n) is 3.32. The zero-order valence-electron chi connectivity index (χ0n) is 13.5. The van der Waals surface area contributed by atoms with E-state index in [-0.39, 0.29) is 0 Å². The Morgan fingerprint density at radius 2 is 1.00 bits per heavy atom. The Balaban J connectivity index is 1.48. The van der Waals surface area contributed by atoms with E-state index in [1.807, 2.05) is 0 Å². The number of hydrogen-bond acceptors (Lipinski definition) is 2. The highest BCUT2D eigenvalue weighted by atomic mass is 32.1. The molecule has 0 aromatic carbocycles. The third kappa shape index (κ3) is 7.09. The Morgan fingerprint density at radius 1 is 0.636 bits per heavy atom. The van der Waals surface area contributed by atoms with Crippen LogP contribution in [0.3, 0.4) is 0 Å². The first-order valence-electron chi connectivity index (χ1n) is 8.83. The summed E-state index contributed by atoms with van der Waals surface area (Å²) >= 11 is 10.7. The predicted octanol–water partition coefficient (Wildman–Crippen LogP) is 2.58. The predicted molar refractivity (Wildman–Crippen MR) is 101 cm³/mol. The van der Waals surface area contributed by atoms with Gasteiger partial charge in [0.05, 0.1) is 0 Å². The summed E-state index contributed by atoms with van der Waals surface area (Å²) in [5, 5.41) is 14.9. The molecule has 22 heavy (non-hydrogen) atoms. The largest absolute Gasteiger partial charge is 0.361 e. The van der Waals surface area contributed by atoms with Crippen LogP contribution < -0.4 is 21.3 Å². The second kappa shape index (κ2) is 10.2. The van der Waals surface area contributed by atoms with Crippen LogP contribution >= 0.6 is 24.4 Å². The zero-order valence-corrected chi connectivity index (χ0v) is 15.1. The third-order valence-corrected chi connectivity index (χ3v) is 5.10. The van der Waals surface area contributed by atoms with Crippen molar-refractivity contribution in [3.05, 3.63) is 0 Å². The summed E-state index contributed by atoms with van der Waals surface area (Å²) in [5.41, 5.74) is 0. The monoisotopic (exact) mass is 342 g/mol. The fraction of sp³-hybridized carbons (Fsp3) is 0.875. The molecule has 0 aromatic rings. The van der Waals surface area contributed by atoms with E-state index in [9.17, 15) is 0 Å². The molecule has 0 atom stereocenters. The molecule has 2 rings (SSSR count). The maximum absolute atomic E-state index is 5.35. The van der Waals surface area contributed by atoms with Crippen molar-refractivity contribution in [2.75, 3.05) is 13.1 Å². The van der Waals surface area contributed by atoms with Crippen LogP contribution in [0.25, 0.3) is 0 Å². The smallest absolute Gasteiger partial charge is 0.166 e.